The van der Waals surface area contributed by atoms with Crippen LogP contribution in [0.5, 0.6) is 0 Å². The highest BCUT2D eigenvalue weighted by Crippen LogP contribution is 2.23. The normalized spacial score (nSPS) is 22.3. The number of carbonyl (C=O) groups is 1. The standard InChI is InChI=1S/C15H20N4O/c1-19-13-8-3-2-6-11(13)14(18-19)15(20)17-9-10-5-4-7-12(10)16/h2-3,6,8,10,12H,4-5,7,9,16H2,1H3,(H,17,20). The summed E-state index contributed by atoms with van der Waals surface area (Å²) in [4.78, 5) is 12.3. The average Bonchev–Trinajstić information content (AvgIpc) is 3.01. The van der Waals surface area contributed by atoms with Gasteiger partial charge in [0.2, 0.25) is 0 Å². The fourth-order valence-electron chi connectivity index (χ4n) is 3.01. The van der Waals surface area contributed by atoms with Crippen molar-refractivity contribution in [2.24, 2.45) is 18.7 Å². The third-order valence-electron chi connectivity index (χ3n) is 4.22. The van der Waals surface area contributed by atoms with E-state index in [0.717, 1.165) is 30.2 Å². The van der Waals surface area contributed by atoms with Crippen molar-refractivity contribution >= 4 is 16.8 Å². The Morgan fingerprint density at radius 3 is 3.00 bits per heavy atom. The molecule has 1 aliphatic carbocycles. The maximum atomic E-state index is 12.3. The number of aromatic nitrogens is 2. The number of nitrogens with zero attached hydrogens (tertiary/aromatic N) is 2. The number of nitrogens with one attached hydrogen (secondary N) is 1. The quantitative estimate of drug-likeness (QED) is 0.887. The highest BCUT2D eigenvalue weighted by molar-refractivity contribution is 6.04. The van der Waals surface area contributed by atoms with E-state index in [2.05, 4.69) is 10.4 Å². The summed E-state index contributed by atoms with van der Waals surface area (Å²) in [5, 5.41) is 8.20. The van der Waals surface area contributed by atoms with E-state index in [0.29, 0.717) is 18.2 Å². The van der Waals surface area contributed by atoms with Gasteiger partial charge in [0, 0.05) is 25.0 Å². The highest BCUT2D eigenvalue weighted by Gasteiger charge is 2.25. The molecular weight excluding hydrogens is 252 g/mol. The Kier molecular flexibility index (Phi) is 3.44. The molecule has 1 heterocycles. The Morgan fingerprint density at radius 1 is 1.45 bits per heavy atom. The maximum Gasteiger partial charge on any atom is 0.272 e. The van der Waals surface area contributed by atoms with Crippen molar-refractivity contribution in [3.8, 4) is 0 Å². The molecule has 0 saturated heterocycles. The second kappa shape index (κ2) is 5.25. The first-order valence-electron chi connectivity index (χ1n) is 7.12. The van der Waals surface area contributed by atoms with Crippen LogP contribution < -0.4 is 11.1 Å². The zero-order chi connectivity index (χ0) is 14.1. The zero-order valence-corrected chi connectivity index (χ0v) is 11.7. The molecule has 2 unspecified atom stereocenters. The minimum Gasteiger partial charge on any atom is -0.350 e. The van der Waals surface area contributed by atoms with Crippen molar-refractivity contribution in [2.45, 2.75) is 25.3 Å². The second-order valence-corrected chi connectivity index (χ2v) is 5.55. The van der Waals surface area contributed by atoms with E-state index in [9.17, 15) is 4.79 Å². The molecule has 5 nitrogen and oxygen atoms in total. The number of para-hydroxylation sites is 1. The van der Waals surface area contributed by atoms with Crippen molar-refractivity contribution in [3.63, 3.8) is 0 Å². The van der Waals surface area contributed by atoms with E-state index in [1.54, 1.807) is 4.68 Å². The second-order valence-electron chi connectivity index (χ2n) is 5.55. The first-order chi connectivity index (χ1) is 9.66. The SMILES string of the molecule is Cn1nc(C(=O)NCC2CCCC2N)c2ccccc21. The van der Waals surface area contributed by atoms with Crippen LogP contribution in [-0.4, -0.2) is 28.3 Å². The molecule has 2 atom stereocenters. The molecule has 1 aliphatic rings. The Balaban J connectivity index is 1.76. The van der Waals surface area contributed by atoms with Crippen LogP contribution in [0.4, 0.5) is 0 Å². The zero-order valence-electron chi connectivity index (χ0n) is 11.7. The van der Waals surface area contributed by atoms with Gasteiger partial charge in [-0.05, 0) is 24.8 Å². The van der Waals surface area contributed by atoms with Gasteiger partial charge in [-0.2, -0.15) is 5.10 Å². The summed E-state index contributed by atoms with van der Waals surface area (Å²) < 4.78 is 1.74. The largest absolute Gasteiger partial charge is 0.350 e. The Morgan fingerprint density at radius 2 is 2.25 bits per heavy atom. The number of carbonyl (C=O) groups excluding carboxylic acids is 1. The molecule has 1 amide bonds. The van der Waals surface area contributed by atoms with Crippen molar-refractivity contribution in [1.29, 1.82) is 0 Å². The van der Waals surface area contributed by atoms with Crippen molar-refractivity contribution in [3.05, 3.63) is 30.0 Å². The van der Waals surface area contributed by atoms with E-state index >= 15 is 0 Å². The van der Waals surface area contributed by atoms with E-state index in [4.69, 9.17) is 5.73 Å². The summed E-state index contributed by atoms with van der Waals surface area (Å²) in [6.45, 7) is 0.644. The number of amides is 1. The van der Waals surface area contributed by atoms with Crippen molar-refractivity contribution < 1.29 is 4.79 Å². The minimum atomic E-state index is -0.110. The fraction of sp³-hybridized carbons (Fsp3) is 0.467. The van der Waals surface area contributed by atoms with Crippen LogP contribution in [0, 0.1) is 5.92 Å². The molecule has 1 aromatic carbocycles. The van der Waals surface area contributed by atoms with Crippen LogP contribution in [0.15, 0.2) is 24.3 Å². The summed E-state index contributed by atoms with van der Waals surface area (Å²) in [6.07, 6.45) is 3.33. The summed E-state index contributed by atoms with van der Waals surface area (Å²) in [6, 6.07) is 7.98. The van der Waals surface area contributed by atoms with Gasteiger partial charge in [0.25, 0.3) is 5.91 Å². The first-order valence-corrected chi connectivity index (χ1v) is 7.12. The van der Waals surface area contributed by atoms with Crippen LogP contribution >= 0.6 is 0 Å². The van der Waals surface area contributed by atoms with Crippen LogP contribution in [0.1, 0.15) is 29.8 Å². The van der Waals surface area contributed by atoms with Gasteiger partial charge in [0.1, 0.15) is 0 Å². The van der Waals surface area contributed by atoms with E-state index in [1.165, 1.54) is 0 Å². The number of nitrogens with two attached hydrogens (primary N) is 1. The molecule has 0 aliphatic heterocycles. The lowest BCUT2D eigenvalue weighted by Gasteiger charge is -2.15. The van der Waals surface area contributed by atoms with Gasteiger partial charge in [-0.15, -0.1) is 0 Å². The van der Waals surface area contributed by atoms with Gasteiger partial charge in [-0.25, -0.2) is 0 Å². The molecule has 3 N–H and O–H groups in total. The van der Waals surface area contributed by atoms with E-state index < -0.39 is 0 Å². The third-order valence-corrected chi connectivity index (χ3v) is 4.22. The number of hydrogen-bond donors (Lipinski definition) is 2. The summed E-state index contributed by atoms with van der Waals surface area (Å²) in [5.41, 5.74) is 7.49. The molecule has 0 bridgehead atoms. The number of fused-ring (bicyclic) bond motifs is 1. The summed E-state index contributed by atoms with van der Waals surface area (Å²) >= 11 is 0. The third kappa shape index (κ3) is 2.29. The molecule has 1 aromatic heterocycles. The fourth-order valence-corrected chi connectivity index (χ4v) is 3.01. The lowest BCUT2D eigenvalue weighted by atomic mass is 10.0. The smallest absolute Gasteiger partial charge is 0.272 e. The Hall–Kier alpha value is -1.88. The molecule has 2 aromatic rings. The number of rotatable bonds is 3. The molecule has 0 spiro atoms. The molecular formula is C15H20N4O. The van der Waals surface area contributed by atoms with E-state index in [-0.39, 0.29) is 11.9 Å². The molecule has 106 valence electrons. The number of aryl methyl sites for hydroxylation is 1. The number of hydrogen-bond acceptors (Lipinski definition) is 3. The summed E-state index contributed by atoms with van der Waals surface area (Å²) in [5.74, 6) is 0.287. The van der Waals surface area contributed by atoms with Crippen molar-refractivity contribution in [2.75, 3.05) is 6.54 Å². The lowest BCUT2D eigenvalue weighted by Crippen LogP contribution is -2.36. The van der Waals surface area contributed by atoms with Gasteiger partial charge < -0.3 is 11.1 Å². The molecule has 20 heavy (non-hydrogen) atoms. The van der Waals surface area contributed by atoms with Crippen LogP contribution in [0.2, 0.25) is 0 Å². The van der Waals surface area contributed by atoms with Gasteiger partial charge in [-0.1, -0.05) is 24.6 Å². The topological polar surface area (TPSA) is 72.9 Å². The average molecular weight is 272 g/mol. The predicted octanol–water partition coefficient (Wildman–Crippen LogP) is 1.43. The summed E-state index contributed by atoms with van der Waals surface area (Å²) in [7, 11) is 1.85. The molecule has 5 heteroatoms. The Bertz CT molecular complexity index is 634. The number of benzene rings is 1. The van der Waals surface area contributed by atoms with Crippen LogP contribution in [0.25, 0.3) is 10.9 Å². The molecule has 3 rings (SSSR count). The first kappa shape index (κ1) is 13.1. The van der Waals surface area contributed by atoms with Gasteiger partial charge in [0.05, 0.1) is 5.52 Å². The molecule has 1 saturated carbocycles. The minimum absolute atomic E-state index is 0.110. The van der Waals surface area contributed by atoms with Gasteiger partial charge in [0.15, 0.2) is 5.69 Å². The Labute approximate surface area is 118 Å². The predicted molar refractivity (Wildman–Crippen MR) is 78.4 cm³/mol. The molecule has 0 radical (unpaired) electrons. The van der Waals surface area contributed by atoms with Crippen LogP contribution in [0.3, 0.4) is 0 Å². The van der Waals surface area contributed by atoms with Crippen LogP contribution in [-0.2, 0) is 7.05 Å². The van der Waals surface area contributed by atoms with E-state index in [1.807, 2.05) is 31.3 Å². The molecule has 1 fully saturated rings. The van der Waals surface area contributed by atoms with Crippen molar-refractivity contribution in [1.82, 2.24) is 15.1 Å². The lowest BCUT2D eigenvalue weighted by molar-refractivity contribution is 0.0942. The highest BCUT2D eigenvalue weighted by atomic mass is 16.1. The monoisotopic (exact) mass is 272 g/mol. The maximum absolute atomic E-state index is 12.3. The van der Waals surface area contributed by atoms with Gasteiger partial charge in [-0.3, -0.25) is 9.48 Å². The van der Waals surface area contributed by atoms with Gasteiger partial charge >= 0.3 is 0 Å².